The first-order valence-corrected chi connectivity index (χ1v) is 9.35. The quantitative estimate of drug-likeness (QED) is 0.789. The van der Waals surface area contributed by atoms with E-state index in [2.05, 4.69) is 11.8 Å². The maximum absolute atomic E-state index is 13.4. The Hall–Kier alpha value is -0.750. The summed E-state index contributed by atoms with van der Waals surface area (Å²) in [6, 6.07) is 0. The molecule has 24 heavy (non-hydrogen) atoms. The third kappa shape index (κ3) is 3.07. The molecule has 4 atom stereocenters. The van der Waals surface area contributed by atoms with E-state index < -0.39 is 5.92 Å². The number of fused-ring (bicyclic) bond motifs is 1. The standard InChI is InChI=1S/C18H28F2N2O2/c1-17-11-21(8-13-4-5-18(19,20)7-13)9-14(17)10-22(12-17)16(23)15-3-2-6-24-15/h13-15H,2-12H2,1H3/t13?,14-,15+,17+/m0/s1. The maximum Gasteiger partial charge on any atom is 0.251 e. The van der Waals surface area contributed by atoms with E-state index in [1.54, 1.807) is 0 Å². The van der Waals surface area contributed by atoms with Gasteiger partial charge in [-0.1, -0.05) is 6.92 Å². The molecule has 1 aliphatic carbocycles. The summed E-state index contributed by atoms with van der Waals surface area (Å²) in [6.07, 6.45) is 2.34. The van der Waals surface area contributed by atoms with Gasteiger partial charge in [0.25, 0.3) is 5.91 Å². The molecule has 3 aliphatic heterocycles. The molecule has 0 N–H and O–H groups in total. The molecule has 0 aromatic heterocycles. The lowest BCUT2D eigenvalue weighted by atomic mass is 9.83. The first-order chi connectivity index (χ1) is 11.3. The van der Waals surface area contributed by atoms with Gasteiger partial charge in [0.15, 0.2) is 0 Å². The summed E-state index contributed by atoms with van der Waals surface area (Å²) >= 11 is 0. The van der Waals surface area contributed by atoms with E-state index in [4.69, 9.17) is 4.74 Å². The van der Waals surface area contributed by atoms with Gasteiger partial charge in [0.1, 0.15) is 6.10 Å². The number of hydrogen-bond donors (Lipinski definition) is 0. The molecule has 4 fully saturated rings. The van der Waals surface area contributed by atoms with Crippen LogP contribution in [-0.2, 0) is 9.53 Å². The Morgan fingerprint density at radius 3 is 2.71 bits per heavy atom. The van der Waals surface area contributed by atoms with Crippen molar-refractivity contribution < 1.29 is 18.3 Å². The van der Waals surface area contributed by atoms with Gasteiger partial charge in [-0.25, -0.2) is 8.78 Å². The molecular formula is C18H28F2N2O2. The summed E-state index contributed by atoms with van der Waals surface area (Å²) in [6.45, 7) is 7.19. The molecule has 1 saturated carbocycles. The second kappa shape index (κ2) is 5.90. The number of alkyl halides is 2. The summed E-state index contributed by atoms with van der Waals surface area (Å²) < 4.78 is 32.3. The van der Waals surface area contributed by atoms with E-state index in [9.17, 15) is 13.6 Å². The van der Waals surface area contributed by atoms with Crippen LogP contribution in [-0.4, -0.2) is 67.1 Å². The van der Waals surface area contributed by atoms with E-state index in [-0.39, 0.29) is 36.2 Å². The summed E-state index contributed by atoms with van der Waals surface area (Å²) in [4.78, 5) is 16.9. The van der Waals surface area contributed by atoms with Crippen molar-refractivity contribution in [2.75, 3.05) is 39.3 Å². The van der Waals surface area contributed by atoms with Crippen molar-refractivity contribution in [3.8, 4) is 0 Å². The van der Waals surface area contributed by atoms with Gasteiger partial charge in [0.2, 0.25) is 5.92 Å². The van der Waals surface area contributed by atoms with Crippen LogP contribution in [0.3, 0.4) is 0 Å². The Morgan fingerprint density at radius 2 is 2.08 bits per heavy atom. The zero-order valence-corrected chi connectivity index (χ0v) is 14.5. The van der Waals surface area contributed by atoms with E-state index >= 15 is 0 Å². The van der Waals surface area contributed by atoms with Crippen LogP contribution in [0.4, 0.5) is 8.78 Å². The number of amides is 1. The highest BCUT2D eigenvalue weighted by Crippen LogP contribution is 2.45. The van der Waals surface area contributed by atoms with Gasteiger partial charge in [-0.2, -0.15) is 0 Å². The number of nitrogens with zero attached hydrogens (tertiary/aromatic N) is 2. The number of halogens is 2. The minimum atomic E-state index is -2.45. The van der Waals surface area contributed by atoms with Gasteiger partial charge in [-0.05, 0) is 31.1 Å². The van der Waals surface area contributed by atoms with Crippen molar-refractivity contribution in [1.82, 2.24) is 9.80 Å². The summed E-state index contributed by atoms with van der Waals surface area (Å²) in [5.41, 5.74) is 0.107. The topological polar surface area (TPSA) is 32.8 Å². The molecule has 1 amide bonds. The minimum Gasteiger partial charge on any atom is -0.368 e. The Labute approximate surface area is 142 Å². The molecule has 3 saturated heterocycles. The Bertz CT molecular complexity index is 509. The molecular weight excluding hydrogens is 314 g/mol. The molecule has 4 aliphatic rings. The highest BCUT2D eigenvalue weighted by molar-refractivity contribution is 5.81. The average molecular weight is 342 g/mol. The minimum absolute atomic E-state index is 0.0501. The van der Waals surface area contributed by atoms with Crippen molar-refractivity contribution >= 4 is 5.91 Å². The Balaban J connectivity index is 1.32. The van der Waals surface area contributed by atoms with Crippen molar-refractivity contribution in [2.45, 2.75) is 51.1 Å². The molecule has 3 heterocycles. The Morgan fingerprint density at radius 1 is 1.25 bits per heavy atom. The molecule has 0 aromatic rings. The van der Waals surface area contributed by atoms with Crippen molar-refractivity contribution in [3.63, 3.8) is 0 Å². The predicted molar refractivity (Wildman–Crippen MR) is 85.9 cm³/mol. The van der Waals surface area contributed by atoms with Crippen LogP contribution in [0, 0.1) is 17.3 Å². The average Bonchev–Trinajstić information content (AvgIpc) is 3.22. The van der Waals surface area contributed by atoms with Crippen LogP contribution >= 0.6 is 0 Å². The van der Waals surface area contributed by atoms with Gasteiger partial charge in [-0.3, -0.25) is 4.79 Å². The smallest absolute Gasteiger partial charge is 0.251 e. The lowest BCUT2D eigenvalue weighted by Crippen LogP contribution is -2.41. The van der Waals surface area contributed by atoms with Crippen molar-refractivity contribution in [2.24, 2.45) is 17.3 Å². The van der Waals surface area contributed by atoms with Crippen LogP contribution in [0.25, 0.3) is 0 Å². The lowest BCUT2D eigenvalue weighted by Gasteiger charge is -2.27. The second-order valence-corrected chi connectivity index (χ2v) is 8.73. The van der Waals surface area contributed by atoms with Gasteiger partial charge < -0.3 is 14.5 Å². The van der Waals surface area contributed by atoms with E-state index in [0.29, 0.717) is 18.9 Å². The second-order valence-electron chi connectivity index (χ2n) is 8.73. The lowest BCUT2D eigenvalue weighted by molar-refractivity contribution is -0.140. The van der Waals surface area contributed by atoms with Gasteiger partial charge in [0.05, 0.1) is 0 Å². The summed E-state index contributed by atoms with van der Waals surface area (Å²) in [5.74, 6) is -1.70. The molecule has 1 unspecified atom stereocenters. The van der Waals surface area contributed by atoms with E-state index in [1.807, 2.05) is 4.90 Å². The number of hydrogen-bond acceptors (Lipinski definition) is 3. The molecule has 6 heteroatoms. The molecule has 0 spiro atoms. The van der Waals surface area contributed by atoms with Gasteiger partial charge >= 0.3 is 0 Å². The fourth-order valence-corrected chi connectivity index (χ4v) is 5.31. The zero-order chi connectivity index (χ0) is 16.9. The zero-order valence-electron chi connectivity index (χ0n) is 14.5. The summed E-state index contributed by atoms with van der Waals surface area (Å²) in [7, 11) is 0. The monoisotopic (exact) mass is 342 g/mol. The third-order valence-electron chi connectivity index (χ3n) is 6.58. The largest absolute Gasteiger partial charge is 0.368 e. The number of likely N-dealkylation sites (tertiary alicyclic amines) is 2. The predicted octanol–water partition coefficient (Wildman–Crippen LogP) is 2.38. The number of rotatable bonds is 3. The first kappa shape index (κ1) is 16.7. The third-order valence-corrected chi connectivity index (χ3v) is 6.58. The van der Waals surface area contributed by atoms with Crippen LogP contribution in [0.1, 0.15) is 39.0 Å². The molecule has 0 aromatic carbocycles. The molecule has 4 nitrogen and oxygen atoms in total. The molecule has 4 rings (SSSR count). The normalized spacial score (nSPS) is 42.0. The SMILES string of the molecule is C[C@]12CN(CC3CCC(F)(F)C3)C[C@H]1CN(C(=O)[C@H]1CCCO1)C2. The summed E-state index contributed by atoms with van der Waals surface area (Å²) in [5, 5.41) is 0. The molecule has 0 radical (unpaired) electrons. The van der Waals surface area contributed by atoms with Crippen LogP contribution in [0.5, 0.6) is 0 Å². The fourth-order valence-electron chi connectivity index (χ4n) is 5.31. The molecule has 136 valence electrons. The Kier molecular flexibility index (Phi) is 4.11. The number of carbonyl (C=O) groups is 1. The van der Waals surface area contributed by atoms with Crippen LogP contribution in [0.15, 0.2) is 0 Å². The molecule has 0 bridgehead atoms. The van der Waals surface area contributed by atoms with Gasteiger partial charge in [0, 0.05) is 57.6 Å². The highest BCUT2D eigenvalue weighted by atomic mass is 19.3. The van der Waals surface area contributed by atoms with Crippen LogP contribution in [0.2, 0.25) is 0 Å². The fraction of sp³-hybridized carbons (Fsp3) is 0.944. The van der Waals surface area contributed by atoms with Crippen LogP contribution < -0.4 is 0 Å². The van der Waals surface area contributed by atoms with Crippen molar-refractivity contribution in [1.29, 1.82) is 0 Å². The van der Waals surface area contributed by atoms with Crippen molar-refractivity contribution in [3.05, 3.63) is 0 Å². The van der Waals surface area contributed by atoms with E-state index in [1.165, 1.54) is 0 Å². The number of ether oxygens (including phenoxy) is 1. The number of carbonyl (C=O) groups excluding carboxylic acids is 1. The highest BCUT2D eigenvalue weighted by Gasteiger charge is 2.52. The van der Waals surface area contributed by atoms with E-state index in [0.717, 1.165) is 45.6 Å². The first-order valence-electron chi connectivity index (χ1n) is 9.35. The van der Waals surface area contributed by atoms with Gasteiger partial charge in [-0.15, -0.1) is 0 Å². The maximum atomic E-state index is 13.4.